The quantitative estimate of drug-likeness (QED) is 0.836. The monoisotopic (exact) mass is 259 g/mol. The van der Waals surface area contributed by atoms with Gasteiger partial charge in [-0.25, -0.2) is 8.42 Å². The Kier molecular flexibility index (Phi) is 4.13. The van der Waals surface area contributed by atoms with Gasteiger partial charge in [0, 0.05) is 6.07 Å². The number of nitrogens with one attached hydrogen (secondary N) is 1. The van der Waals surface area contributed by atoms with Crippen molar-refractivity contribution < 1.29 is 18.0 Å². The average molecular weight is 259 g/mol. The first kappa shape index (κ1) is 14.0. The van der Waals surface area contributed by atoms with E-state index < -0.39 is 15.6 Å². The summed E-state index contributed by atoms with van der Waals surface area (Å²) in [7, 11) is -2.20. The van der Waals surface area contributed by atoms with Gasteiger partial charge in [0.05, 0.1) is 17.6 Å². The first-order valence-electron chi connectivity index (χ1n) is 5.08. The zero-order valence-electron chi connectivity index (χ0n) is 10.4. The number of methoxy groups -OCH3 is 1. The van der Waals surface area contributed by atoms with Crippen LogP contribution in [0.1, 0.15) is 20.8 Å². The SMILES string of the molecule is COc1cccc(S(=O)(=O)NOC(C)(C)C)c1. The molecule has 0 saturated carbocycles. The predicted octanol–water partition coefficient (Wildman–Crippen LogP) is 1.70. The Morgan fingerprint density at radius 3 is 2.41 bits per heavy atom. The lowest BCUT2D eigenvalue weighted by atomic mass is 10.2. The van der Waals surface area contributed by atoms with E-state index in [1.54, 1.807) is 32.9 Å². The van der Waals surface area contributed by atoms with E-state index >= 15 is 0 Å². The standard InChI is InChI=1S/C11H17NO4S/c1-11(2,3)16-12-17(13,14)10-7-5-6-9(8-10)15-4/h5-8,12H,1-4H3. The van der Waals surface area contributed by atoms with Crippen LogP contribution in [0.15, 0.2) is 29.2 Å². The van der Waals surface area contributed by atoms with E-state index in [9.17, 15) is 8.42 Å². The number of rotatable bonds is 4. The predicted molar refractivity (Wildman–Crippen MR) is 64.2 cm³/mol. The Bertz CT molecular complexity index is 476. The molecule has 0 saturated heterocycles. The summed E-state index contributed by atoms with van der Waals surface area (Å²) in [6, 6.07) is 6.17. The molecule has 0 aliphatic carbocycles. The van der Waals surface area contributed by atoms with Gasteiger partial charge in [-0.1, -0.05) is 11.0 Å². The highest BCUT2D eigenvalue weighted by Gasteiger charge is 2.19. The van der Waals surface area contributed by atoms with Crippen molar-refractivity contribution in [3.8, 4) is 5.75 Å². The second kappa shape index (κ2) is 5.03. The maximum atomic E-state index is 11.9. The van der Waals surface area contributed by atoms with Crippen LogP contribution >= 0.6 is 0 Å². The minimum atomic E-state index is -3.68. The van der Waals surface area contributed by atoms with Gasteiger partial charge in [0.2, 0.25) is 0 Å². The number of hydrogen-bond donors (Lipinski definition) is 1. The van der Waals surface area contributed by atoms with Crippen LogP contribution in [0.2, 0.25) is 0 Å². The molecule has 0 aliphatic rings. The second-order valence-corrected chi connectivity index (χ2v) is 6.13. The van der Waals surface area contributed by atoms with Gasteiger partial charge in [-0.2, -0.15) is 0 Å². The van der Waals surface area contributed by atoms with Crippen LogP contribution < -0.4 is 9.62 Å². The van der Waals surface area contributed by atoms with Crippen molar-refractivity contribution in [2.75, 3.05) is 7.11 Å². The molecule has 0 aliphatic heterocycles. The van der Waals surface area contributed by atoms with E-state index in [1.807, 2.05) is 0 Å². The van der Waals surface area contributed by atoms with Crippen molar-refractivity contribution >= 4 is 10.0 Å². The van der Waals surface area contributed by atoms with Crippen LogP contribution in [-0.2, 0) is 14.9 Å². The molecule has 0 fully saturated rings. The number of ether oxygens (including phenoxy) is 1. The summed E-state index contributed by atoms with van der Waals surface area (Å²) in [4.78, 5) is 7.22. The Morgan fingerprint density at radius 2 is 1.88 bits per heavy atom. The Balaban J connectivity index is 2.89. The average Bonchev–Trinajstić information content (AvgIpc) is 2.26. The van der Waals surface area contributed by atoms with E-state index in [1.165, 1.54) is 19.2 Å². The summed E-state index contributed by atoms with van der Waals surface area (Å²) in [6.07, 6.45) is 0. The molecule has 0 bridgehead atoms. The lowest BCUT2D eigenvalue weighted by Gasteiger charge is -2.19. The largest absolute Gasteiger partial charge is 0.497 e. The fourth-order valence-electron chi connectivity index (χ4n) is 0.996. The van der Waals surface area contributed by atoms with E-state index in [0.29, 0.717) is 5.75 Å². The Hall–Kier alpha value is -1.11. The summed E-state index contributed by atoms with van der Waals surface area (Å²) in [5.74, 6) is 0.476. The van der Waals surface area contributed by atoms with Gasteiger partial charge in [-0.05, 0) is 32.9 Å². The van der Waals surface area contributed by atoms with Gasteiger partial charge in [0.25, 0.3) is 10.0 Å². The number of hydrogen-bond acceptors (Lipinski definition) is 4. The van der Waals surface area contributed by atoms with Crippen molar-refractivity contribution in [2.24, 2.45) is 0 Å². The smallest absolute Gasteiger partial charge is 0.262 e. The summed E-state index contributed by atoms with van der Waals surface area (Å²) in [6.45, 7) is 5.25. The van der Waals surface area contributed by atoms with E-state index in [-0.39, 0.29) is 4.90 Å². The molecule has 6 heteroatoms. The molecule has 0 heterocycles. The molecule has 0 atom stereocenters. The maximum Gasteiger partial charge on any atom is 0.262 e. The van der Waals surface area contributed by atoms with Gasteiger partial charge < -0.3 is 4.74 Å². The molecular weight excluding hydrogens is 242 g/mol. The highest BCUT2D eigenvalue weighted by Crippen LogP contribution is 2.17. The van der Waals surface area contributed by atoms with Crippen LogP contribution in [0.5, 0.6) is 5.75 Å². The molecule has 0 spiro atoms. The molecule has 5 nitrogen and oxygen atoms in total. The second-order valence-electron chi connectivity index (χ2n) is 4.48. The first-order chi connectivity index (χ1) is 7.74. The summed E-state index contributed by atoms with van der Waals surface area (Å²) in [5, 5.41) is 0. The van der Waals surface area contributed by atoms with Crippen LogP contribution in [0.4, 0.5) is 0 Å². The molecule has 0 aromatic heterocycles. The van der Waals surface area contributed by atoms with Gasteiger partial charge in [-0.3, -0.25) is 4.84 Å². The van der Waals surface area contributed by atoms with Crippen molar-refractivity contribution in [3.63, 3.8) is 0 Å². The molecule has 0 amide bonds. The summed E-state index contributed by atoms with van der Waals surface area (Å²) >= 11 is 0. The van der Waals surface area contributed by atoms with Crippen molar-refractivity contribution in [1.82, 2.24) is 4.89 Å². The van der Waals surface area contributed by atoms with Crippen LogP contribution in [0, 0.1) is 0 Å². The van der Waals surface area contributed by atoms with Crippen LogP contribution in [0.25, 0.3) is 0 Å². The summed E-state index contributed by atoms with van der Waals surface area (Å²) < 4.78 is 28.7. The van der Waals surface area contributed by atoms with Crippen molar-refractivity contribution in [1.29, 1.82) is 0 Å². The fraction of sp³-hybridized carbons (Fsp3) is 0.455. The third-order valence-electron chi connectivity index (χ3n) is 1.81. The topological polar surface area (TPSA) is 64.6 Å². The molecular formula is C11H17NO4S. The lowest BCUT2D eigenvalue weighted by molar-refractivity contribution is -0.0357. The van der Waals surface area contributed by atoms with Gasteiger partial charge in [0.1, 0.15) is 5.75 Å². The molecule has 0 unspecified atom stereocenters. The van der Waals surface area contributed by atoms with Gasteiger partial charge >= 0.3 is 0 Å². The Labute approximate surface area is 102 Å². The van der Waals surface area contributed by atoms with E-state index in [4.69, 9.17) is 9.57 Å². The minimum absolute atomic E-state index is 0.0982. The Morgan fingerprint density at radius 1 is 1.24 bits per heavy atom. The molecule has 0 radical (unpaired) electrons. The van der Waals surface area contributed by atoms with E-state index in [0.717, 1.165) is 0 Å². The molecule has 1 N–H and O–H groups in total. The van der Waals surface area contributed by atoms with Crippen molar-refractivity contribution in [3.05, 3.63) is 24.3 Å². The number of sulfonamides is 1. The van der Waals surface area contributed by atoms with Gasteiger partial charge in [0.15, 0.2) is 0 Å². The lowest BCUT2D eigenvalue weighted by Crippen LogP contribution is -2.33. The van der Waals surface area contributed by atoms with Crippen molar-refractivity contribution in [2.45, 2.75) is 31.3 Å². The highest BCUT2D eigenvalue weighted by atomic mass is 32.2. The third-order valence-corrected chi connectivity index (χ3v) is 2.99. The highest BCUT2D eigenvalue weighted by molar-refractivity contribution is 7.89. The van der Waals surface area contributed by atoms with Crippen LogP contribution in [0.3, 0.4) is 0 Å². The number of benzene rings is 1. The molecule has 1 rings (SSSR count). The van der Waals surface area contributed by atoms with E-state index in [2.05, 4.69) is 4.89 Å². The zero-order chi connectivity index (χ0) is 13.1. The minimum Gasteiger partial charge on any atom is -0.497 e. The van der Waals surface area contributed by atoms with Gasteiger partial charge in [-0.15, -0.1) is 0 Å². The maximum absolute atomic E-state index is 11.9. The first-order valence-corrected chi connectivity index (χ1v) is 6.57. The molecule has 1 aromatic carbocycles. The molecule has 96 valence electrons. The third kappa shape index (κ3) is 4.33. The zero-order valence-corrected chi connectivity index (χ0v) is 11.2. The summed E-state index contributed by atoms with van der Waals surface area (Å²) in [5.41, 5.74) is -0.591. The molecule has 17 heavy (non-hydrogen) atoms. The normalized spacial score (nSPS) is 12.5. The van der Waals surface area contributed by atoms with Crippen LogP contribution in [-0.4, -0.2) is 21.1 Å². The fourth-order valence-corrected chi connectivity index (χ4v) is 1.98. The molecule has 1 aromatic rings.